The van der Waals surface area contributed by atoms with E-state index < -0.39 is 28.0 Å². The molecule has 1 unspecified atom stereocenters. The minimum Gasteiger partial charge on any atom is -0.453 e. The molecule has 0 saturated carbocycles. The van der Waals surface area contributed by atoms with Crippen LogP contribution in [0, 0.1) is 11.6 Å². The van der Waals surface area contributed by atoms with Gasteiger partial charge >= 0.3 is 0 Å². The molecule has 4 rings (SSSR count). The molecular formula is C23H20F2N2O5S. The van der Waals surface area contributed by atoms with Gasteiger partial charge in [0.05, 0.1) is 0 Å². The van der Waals surface area contributed by atoms with Crippen molar-refractivity contribution in [2.75, 3.05) is 6.26 Å². The topological polar surface area (TPSA) is 102 Å². The minimum absolute atomic E-state index is 0. The highest BCUT2D eigenvalue weighted by atomic mass is 32.2. The number of benzene rings is 2. The minimum atomic E-state index is -1.31. The van der Waals surface area contributed by atoms with Gasteiger partial charge in [0.25, 0.3) is 11.1 Å². The number of ether oxygens (including phenoxy) is 1. The molecule has 0 fully saturated rings. The quantitative estimate of drug-likeness (QED) is 0.444. The molecule has 0 spiro atoms. The van der Waals surface area contributed by atoms with Gasteiger partial charge < -0.3 is 19.3 Å². The molecule has 2 N–H and O–H groups in total. The number of nitrogens with zero attached hydrogens (tertiary/aromatic N) is 2. The van der Waals surface area contributed by atoms with Crippen molar-refractivity contribution in [1.29, 1.82) is 0 Å². The van der Waals surface area contributed by atoms with Crippen LogP contribution in [0.4, 0.5) is 8.78 Å². The first-order valence-electron chi connectivity index (χ1n) is 9.51. The zero-order valence-electron chi connectivity index (χ0n) is 17.7. The summed E-state index contributed by atoms with van der Waals surface area (Å²) in [5, 5.41) is 1.05. The Morgan fingerprint density at radius 3 is 2.30 bits per heavy atom. The summed E-state index contributed by atoms with van der Waals surface area (Å²) >= 11 is 0. The molecule has 2 aromatic heterocycles. The van der Waals surface area contributed by atoms with E-state index in [-0.39, 0.29) is 28.4 Å². The maximum Gasteiger partial charge on any atom is 0.258 e. The fraction of sp³-hybridized carbons (Fsp3) is 0.130. The van der Waals surface area contributed by atoms with Crippen molar-refractivity contribution >= 4 is 21.6 Å². The Labute approximate surface area is 189 Å². The zero-order valence-corrected chi connectivity index (χ0v) is 18.5. The first-order valence-corrected chi connectivity index (χ1v) is 11.2. The maximum atomic E-state index is 14.3. The Morgan fingerprint density at radius 1 is 0.939 bits per heavy atom. The summed E-state index contributed by atoms with van der Waals surface area (Å²) in [6, 6.07) is 10.9. The van der Waals surface area contributed by atoms with Crippen LogP contribution in [0.15, 0.2) is 70.5 Å². The predicted octanol–water partition coefficient (Wildman–Crippen LogP) is 2.95. The van der Waals surface area contributed by atoms with Crippen molar-refractivity contribution in [3.63, 3.8) is 0 Å². The number of halogens is 2. The summed E-state index contributed by atoms with van der Waals surface area (Å²) in [4.78, 5) is 25.2. The Morgan fingerprint density at radius 2 is 1.64 bits per heavy atom. The number of pyridine rings is 2. The lowest BCUT2D eigenvalue weighted by Gasteiger charge is -2.16. The van der Waals surface area contributed by atoms with Gasteiger partial charge in [0.2, 0.25) is 0 Å². The molecule has 0 saturated heterocycles. The fourth-order valence-corrected chi connectivity index (χ4v) is 4.04. The van der Waals surface area contributed by atoms with E-state index >= 15 is 0 Å². The number of fused-ring (bicyclic) bond motifs is 1. The van der Waals surface area contributed by atoms with E-state index in [0.717, 1.165) is 18.2 Å². The number of aryl methyl sites for hydroxylation is 1. The first-order chi connectivity index (χ1) is 15.2. The highest BCUT2D eigenvalue weighted by Crippen LogP contribution is 2.36. The molecular weight excluding hydrogens is 454 g/mol. The van der Waals surface area contributed by atoms with Crippen LogP contribution >= 0.6 is 0 Å². The summed E-state index contributed by atoms with van der Waals surface area (Å²) in [7, 11) is 0.281. The first kappa shape index (κ1) is 24.0. The SMILES string of the molecule is Cn1cc(-c2cn(CS(C)=O)c(=O)cc2Oc2ccc(F)cc2F)c2ccccc2c1=O.O. The van der Waals surface area contributed by atoms with E-state index in [0.29, 0.717) is 28.0 Å². The van der Waals surface area contributed by atoms with Gasteiger partial charge in [0.1, 0.15) is 17.4 Å². The molecule has 1 atom stereocenters. The van der Waals surface area contributed by atoms with Gasteiger partial charge in [-0.15, -0.1) is 0 Å². The van der Waals surface area contributed by atoms with Gasteiger partial charge in [-0.3, -0.25) is 13.8 Å². The molecule has 0 aliphatic heterocycles. The molecule has 0 aliphatic rings. The Bertz CT molecular complexity index is 1500. The normalized spacial score (nSPS) is 11.8. The number of hydrogen-bond donors (Lipinski definition) is 0. The summed E-state index contributed by atoms with van der Waals surface area (Å²) < 4.78 is 47.7. The average molecular weight is 474 g/mol. The fourth-order valence-electron chi connectivity index (χ4n) is 3.45. The molecule has 7 nitrogen and oxygen atoms in total. The number of hydrogen-bond acceptors (Lipinski definition) is 4. The van der Waals surface area contributed by atoms with E-state index in [9.17, 15) is 22.6 Å². The van der Waals surface area contributed by atoms with Crippen LogP contribution in [0.2, 0.25) is 0 Å². The summed E-state index contributed by atoms with van der Waals surface area (Å²) in [5.74, 6) is -2.00. The van der Waals surface area contributed by atoms with Crippen molar-refractivity contribution in [3.8, 4) is 22.6 Å². The summed E-state index contributed by atoms with van der Waals surface area (Å²) in [5.41, 5.74) is 0.219. The lowest BCUT2D eigenvalue weighted by Crippen LogP contribution is -2.22. The van der Waals surface area contributed by atoms with Crippen molar-refractivity contribution in [2.24, 2.45) is 7.05 Å². The maximum absolute atomic E-state index is 14.3. The van der Waals surface area contributed by atoms with Crippen molar-refractivity contribution in [1.82, 2.24) is 9.13 Å². The zero-order chi connectivity index (χ0) is 23.0. The van der Waals surface area contributed by atoms with E-state index in [1.807, 2.05) is 0 Å². The average Bonchev–Trinajstić information content (AvgIpc) is 2.74. The molecule has 172 valence electrons. The van der Waals surface area contributed by atoms with Gasteiger partial charge in [0, 0.05) is 65.1 Å². The van der Waals surface area contributed by atoms with E-state index in [1.54, 1.807) is 37.5 Å². The highest BCUT2D eigenvalue weighted by Gasteiger charge is 2.18. The van der Waals surface area contributed by atoms with Crippen LogP contribution in [0.25, 0.3) is 21.9 Å². The molecule has 0 amide bonds. The highest BCUT2D eigenvalue weighted by molar-refractivity contribution is 7.83. The van der Waals surface area contributed by atoms with E-state index in [2.05, 4.69) is 0 Å². The van der Waals surface area contributed by atoms with Crippen LogP contribution in [-0.4, -0.2) is 25.1 Å². The van der Waals surface area contributed by atoms with Crippen LogP contribution < -0.4 is 15.9 Å². The number of rotatable bonds is 5. The summed E-state index contributed by atoms with van der Waals surface area (Å²) in [6.45, 7) is 0. The largest absolute Gasteiger partial charge is 0.453 e. The second-order valence-electron chi connectivity index (χ2n) is 7.24. The van der Waals surface area contributed by atoms with Gasteiger partial charge in [-0.1, -0.05) is 18.2 Å². The third kappa shape index (κ3) is 4.76. The van der Waals surface area contributed by atoms with Crippen LogP contribution in [0.1, 0.15) is 0 Å². The standard InChI is InChI=1S/C23H18F2N2O4S.H2O/c1-26-11-17(15-5-3-4-6-16(15)23(26)29)18-12-27(13-32(2)30)22(28)10-21(18)31-20-8-7-14(24)9-19(20)25;/h3-12H,13H2,1-2H3;1H2. The number of aromatic nitrogens is 2. The second kappa shape index (κ2) is 9.47. The van der Waals surface area contributed by atoms with E-state index in [1.165, 1.54) is 21.6 Å². The smallest absolute Gasteiger partial charge is 0.258 e. The Balaban J connectivity index is 0.00000306. The van der Waals surface area contributed by atoms with Crippen molar-refractivity contribution < 1.29 is 23.2 Å². The molecule has 0 radical (unpaired) electrons. The third-order valence-electron chi connectivity index (χ3n) is 4.90. The van der Waals surface area contributed by atoms with Crippen molar-refractivity contribution in [3.05, 3.63) is 93.3 Å². The van der Waals surface area contributed by atoms with Gasteiger partial charge in [-0.25, -0.2) is 8.78 Å². The molecule has 0 bridgehead atoms. The monoisotopic (exact) mass is 474 g/mol. The lowest BCUT2D eigenvalue weighted by molar-refractivity contribution is 0.437. The molecule has 10 heteroatoms. The second-order valence-corrected chi connectivity index (χ2v) is 8.65. The molecule has 33 heavy (non-hydrogen) atoms. The summed E-state index contributed by atoms with van der Waals surface area (Å²) in [6.07, 6.45) is 4.52. The van der Waals surface area contributed by atoms with Crippen LogP contribution in [-0.2, 0) is 23.7 Å². The van der Waals surface area contributed by atoms with E-state index in [4.69, 9.17) is 4.74 Å². The Kier molecular flexibility index (Phi) is 6.89. The lowest BCUT2D eigenvalue weighted by atomic mass is 10.0. The van der Waals surface area contributed by atoms with Crippen molar-refractivity contribution in [2.45, 2.75) is 5.88 Å². The van der Waals surface area contributed by atoms with Crippen LogP contribution in [0.3, 0.4) is 0 Å². The van der Waals surface area contributed by atoms with Gasteiger partial charge in [-0.05, 0) is 23.6 Å². The third-order valence-corrected chi connectivity index (χ3v) is 5.55. The van der Waals surface area contributed by atoms with Gasteiger partial charge in [-0.2, -0.15) is 0 Å². The molecule has 0 aliphatic carbocycles. The van der Waals surface area contributed by atoms with Crippen LogP contribution in [0.5, 0.6) is 11.5 Å². The molecule has 2 heterocycles. The van der Waals surface area contributed by atoms with Gasteiger partial charge in [0.15, 0.2) is 11.6 Å². The molecule has 4 aromatic rings. The Hall–Kier alpha value is -3.63. The molecule has 2 aromatic carbocycles. The predicted molar refractivity (Wildman–Crippen MR) is 123 cm³/mol.